The van der Waals surface area contributed by atoms with E-state index in [9.17, 15) is 4.79 Å². The summed E-state index contributed by atoms with van der Waals surface area (Å²) >= 11 is 3.36. The maximum Gasteiger partial charge on any atom is 0.253 e. The van der Waals surface area contributed by atoms with Crippen molar-refractivity contribution in [1.82, 2.24) is 15.5 Å². The Balaban J connectivity index is 2.93. The van der Waals surface area contributed by atoms with Crippen LogP contribution >= 0.6 is 15.9 Å². The van der Waals surface area contributed by atoms with Gasteiger partial charge in [0.1, 0.15) is 0 Å². The van der Waals surface area contributed by atoms with Gasteiger partial charge in [-0.3, -0.25) is 4.79 Å². The number of aromatic nitrogens is 2. The van der Waals surface area contributed by atoms with Gasteiger partial charge in [0.2, 0.25) is 0 Å². The van der Waals surface area contributed by atoms with Crippen molar-refractivity contribution in [1.29, 1.82) is 0 Å². The largest absolute Gasteiger partial charge is 0.346 e. The summed E-state index contributed by atoms with van der Waals surface area (Å²) in [6, 6.07) is 1.75. The van der Waals surface area contributed by atoms with E-state index in [1.165, 1.54) is 0 Å². The first-order valence-corrected chi connectivity index (χ1v) is 6.17. The fourth-order valence-electron chi connectivity index (χ4n) is 1.19. The molecule has 1 heterocycles. The Morgan fingerprint density at radius 2 is 2.06 bits per heavy atom. The van der Waals surface area contributed by atoms with Gasteiger partial charge in [-0.2, -0.15) is 10.2 Å². The van der Waals surface area contributed by atoms with Crippen LogP contribution in [0.4, 0.5) is 0 Å². The van der Waals surface area contributed by atoms with Crippen LogP contribution in [0.3, 0.4) is 0 Å². The second-order valence-electron chi connectivity index (χ2n) is 4.46. The summed E-state index contributed by atoms with van der Waals surface area (Å²) in [7, 11) is 0. The van der Waals surface area contributed by atoms with Crippen LogP contribution in [0.1, 0.15) is 35.6 Å². The van der Waals surface area contributed by atoms with Crippen molar-refractivity contribution >= 4 is 21.8 Å². The molecule has 0 aromatic carbocycles. The third-order valence-electron chi connectivity index (χ3n) is 2.13. The third-order valence-corrected chi connectivity index (χ3v) is 3.53. The van der Waals surface area contributed by atoms with Gasteiger partial charge in [-0.05, 0) is 33.8 Å². The lowest BCUT2D eigenvalue weighted by atomic mass is 10.1. The smallest absolute Gasteiger partial charge is 0.253 e. The molecule has 0 saturated carbocycles. The van der Waals surface area contributed by atoms with E-state index in [0.717, 1.165) is 5.69 Å². The lowest BCUT2D eigenvalue weighted by Crippen LogP contribution is -2.45. The van der Waals surface area contributed by atoms with E-state index >= 15 is 0 Å². The summed E-state index contributed by atoms with van der Waals surface area (Å²) in [6.45, 7) is 7.51. The van der Waals surface area contributed by atoms with E-state index in [1.807, 2.05) is 20.8 Å². The van der Waals surface area contributed by atoms with Gasteiger partial charge in [0.25, 0.3) is 5.91 Å². The van der Waals surface area contributed by atoms with Gasteiger partial charge in [-0.1, -0.05) is 15.9 Å². The zero-order valence-corrected chi connectivity index (χ0v) is 11.6. The van der Waals surface area contributed by atoms with Crippen molar-refractivity contribution in [2.45, 2.75) is 33.2 Å². The molecule has 0 bridgehead atoms. The van der Waals surface area contributed by atoms with Gasteiger partial charge in [0.15, 0.2) is 0 Å². The molecule has 0 aliphatic carbocycles. The number of hydrogen-bond acceptors (Lipinski definition) is 3. The second kappa shape index (κ2) is 4.91. The standard InChI is InChI=1S/C11H16BrN3O/c1-7-5-9(8(2)15-14-7)10(16)13-11(3,4)6-12/h5H,6H2,1-4H3,(H,13,16). The molecule has 5 heteroatoms. The second-order valence-corrected chi connectivity index (χ2v) is 5.02. The molecule has 1 amide bonds. The molecule has 0 aliphatic heterocycles. The fraction of sp³-hybridized carbons (Fsp3) is 0.545. The summed E-state index contributed by atoms with van der Waals surface area (Å²) in [5.74, 6) is -0.111. The van der Waals surface area contributed by atoms with Crippen molar-refractivity contribution in [3.8, 4) is 0 Å². The molecule has 0 fully saturated rings. The van der Waals surface area contributed by atoms with Crippen LogP contribution in [-0.2, 0) is 0 Å². The molecule has 0 spiro atoms. The Hall–Kier alpha value is -0.970. The number of rotatable bonds is 3. The van der Waals surface area contributed by atoms with E-state index in [0.29, 0.717) is 16.6 Å². The highest BCUT2D eigenvalue weighted by molar-refractivity contribution is 9.09. The zero-order valence-electron chi connectivity index (χ0n) is 9.97. The lowest BCUT2D eigenvalue weighted by molar-refractivity contribution is 0.0920. The Morgan fingerprint density at radius 1 is 1.44 bits per heavy atom. The molecular formula is C11H16BrN3O. The van der Waals surface area contributed by atoms with E-state index in [2.05, 4.69) is 31.4 Å². The number of carbonyl (C=O) groups excluding carboxylic acids is 1. The van der Waals surface area contributed by atoms with E-state index in [4.69, 9.17) is 0 Å². The molecule has 0 saturated heterocycles. The van der Waals surface area contributed by atoms with Gasteiger partial charge in [0, 0.05) is 10.9 Å². The number of nitrogens with one attached hydrogen (secondary N) is 1. The minimum Gasteiger partial charge on any atom is -0.346 e. The monoisotopic (exact) mass is 285 g/mol. The average Bonchev–Trinajstić information content (AvgIpc) is 2.21. The highest BCUT2D eigenvalue weighted by atomic mass is 79.9. The molecule has 16 heavy (non-hydrogen) atoms. The summed E-state index contributed by atoms with van der Waals surface area (Å²) in [4.78, 5) is 12.0. The van der Waals surface area contributed by atoms with Crippen molar-refractivity contribution < 1.29 is 4.79 Å². The average molecular weight is 286 g/mol. The first kappa shape index (κ1) is 13.1. The molecule has 1 rings (SSSR count). The maximum atomic E-state index is 12.0. The number of aryl methyl sites for hydroxylation is 2. The number of hydrogen-bond donors (Lipinski definition) is 1. The molecule has 0 unspecified atom stereocenters. The minimum absolute atomic E-state index is 0.111. The van der Waals surface area contributed by atoms with Crippen molar-refractivity contribution in [3.05, 3.63) is 23.0 Å². The van der Waals surface area contributed by atoms with E-state index in [1.54, 1.807) is 13.0 Å². The summed E-state index contributed by atoms with van der Waals surface area (Å²) in [5, 5.41) is 11.5. The van der Waals surface area contributed by atoms with Crippen LogP contribution in [0.15, 0.2) is 6.07 Å². The van der Waals surface area contributed by atoms with Crippen molar-refractivity contribution in [3.63, 3.8) is 0 Å². The van der Waals surface area contributed by atoms with Gasteiger partial charge in [-0.25, -0.2) is 0 Å². The first-order valence-electron chi connectivity index (χ1n) is 5.05. The highest BCUT2D eigenvalue weighted by Crippen LogP contribution is 2.10. The van der Waals surface area contributed by atoms with Crippen molar-refractivity contribution in [2.75, 3.05) is 5.33 Å². The van der Waals surface area contributed by atoms with E-state index < -0.39 is 0 Å². The Kier molecular flexibility index (Phi) is 4.02. The summed E-state index contributed by atoms with van der Waals surface area (Å²) < 4.78 is 0. The normalized spacial score (nSPS) is 11.3. The van der Waals surface area contributed by atoms with Crippen LogP contribution in [0, 0.1) is 13.8 Å². The Morgan fingerprint density at radius 3 is 2.62 bits per heavy atom. The molecule has 0 atom stereocenters. The lowest BCUT2D eigenvalue weighted by Gasteiger charge is -2.23. The fourth-order valence-corrected chi connectivity index (χ4v) is 1.33. The van der Waals surface area contributed by atoms with Gasteiger partial charge >= 0.3 is 0 Å². The van der Waals surface area contributed by atoms with Gasteiger partial charge in [-0.15, -0.1) is 0 Å². The number of halogens is 1. The van der Waals surface area contributed by atoms with Gasteiger partial charge < -0.3 is 5.32 Å². The van der Waals surface area contributed by atoms with E-state index in [-0.39, 0.29) is 11.4 Å². The highest BCUT2D eigenvalue weighted by Gasteiger charge is 2.21. The SMILES string of the molecule is Cc1cc(C(=O)NC(C)(C)CBr)c(C)nn1. The quantitative estimate of drug-likeness (QED) is 0.865. The van der Waals surface area contributed by atoms with Crippen LogP contribution in [0.2, 0.25) is 0 Å². The van der Waals surface area contributed by atoms with Crippen LogP contribution in [0.5, 0.6) is 0 Å². The molecule has 4 nitrogen and oxygen atoms in total. The third kappa shape index (κ3) is 3.27. The summed E-state index contributed by atoms with van der Waals surface area (Å²) in [6.07, 6.45) is 0. The summed E-state index contributed by atoms with van der Waals surface area (Å²) in [5.41, 5.74) is 1.70. The topological polar surface area (TPSA) is 54.9 Å². The number of nitrogens with zero attached hydrogens (tertiary/aromatic N) is 2. The number of carbonyl (C=O) groups is 1. The number of amides is 1. The number of alkyl halides is 1. The Bertz CT molecular complexity index is 404. The maximum absolute atomic E-state index is 12.0. The van der Waals surface area contributed by atoms with Crippen LogP contribution in [0.25, 0.3) is 0 Å². The van der Waals surface area contributed by atoms with Crippen LogP contribution in [-0.4, -0.2) is 27.0 Å². The minimum atomic E-state index is -0.277. The predicted octanol–water partition coefficient (Wildman–Crippen LogP) is 2.00. The predicted molar refractivity (Wildman–Crippen MR) is 66.8 cm³/mol. The molecule has 1 aromatic rings. The molecule has 1 N–H and O–H groups in total. The van der Waals surface area contributed by atoms with Crippen LogP contribution < -0.4 is 5.32 Å². The van der Waals surface area contributed by atoms with Crippen molar-refractivity contribution in [2.24, 2.45) is 0 Å². The molecule has 0 radical (unpaired) electrons. The molecule has 88 valence electrons. The molecule has 1 aromatic heterocycles. The molecular weight excluding hydrogens is 270 g/mol. The Labute approximate surface area is 104 Å². The molecule has 0 aliphatic rings. The zero-order chi connectivity index (χ0) is 12.3. The first-order chi connectivity index (χ1) is 7.35. The van der Waals surface area contributed by atoms with Gasteiger partial charge in [0.05, 0.1) is 17.0 Å².